The number of hydrogen-bond donors (Lipinski definition) is 0. The molecule has 0 atom stereocenters. The van der Waals surface area contributed by atoms with Crippen LogP contribution in [0, 0.1) is 24.2 Å². The second-order valence-corrected chi connectivity index (χ2v) is 4.97. The van der Waals surface area contributed by atoms with Gasteiger partial charge in [-0.25, -0.2) is 4.79 Å². The van der Waals surface area contributed by atoms with Crippen LogP contribution in [0.15, 0.2) is 0 Å². The lowest BCUT2D eigenvalue weighted by Gasteiger charge is -2.09. The van der Waals surface area contributed by atoms with Gasteiger partial charge in [-0.15, -0.1) is 6.42 Å². The molecule has 13 heteroatoms. The summed E-state index contributed by atoms with van der Waals surface area (Å²) < 4.78 is 91.9. The standard InChI is InChI=1S/C9H11F3O3.C7H12O2.C4H5F3O2/c1-3-14-8(15-4-2)6-5-7(13)9(10,11)12;1-4-7(8-5-2)9-6-3;1-2-9-3(8)4(5,6)7/h8H,3-4H2,1-2H3;1,7H,5-6H2,2-3H3;2H2,1H3. The zero-order chi connectivity index (χ0) is 26.5. The van der Waals surface area contributed by atoms with Gasteiger partial charge in [0.25, 0.3) is 0 Å². The highest BCUT2D eigenvalue weighted by Gasteiger charge is 2.40. The van der Waals surface area contributed by atoms with Crippen LogP contribution in [0.25, 0.3) is 0 Å². The van der Waals surface area contributed by atoms with Crippen molar-refractivity contribution in [3.05, 3.63) is 0 Å². The van der Waals surface area contributed by atoms with Crippen molar-refractivity contribution >= 4 is 11.8 Å². The Hall–Kier alpha value is -2.32. The van der Waals surface area contributed by atoms with E-state index in [2.05, 4.69) is 10.7 Å². The monoisotopic (exact) mass is 494 g/mol. The summed E-state index contributed by atoms with van der Waals surface area (Å²) >= 11 is 0. The molecule has 0 amide bonds. The van der Waals surface area contributed by atoms with Gasteiger partial charge in [-0.3, -0.25) is 4.79 Å². The Morgan fingerprint density at radius 1 is 0.727 bits per heavy atom. The fourth-order valence-electron chi connectivity index (χ4n) is 1.29. The van der Waals surface area contributed by atoms with E-state index in [0.717, 1.165) is 0 Å². The van der Waals surface area contributed by atoms with Crippen LogP contribution in [-0.4, -0.2) is 69.7 Å². The number of Topliss-reactive ketones (excluding diaryl/α,β-unsaturated/α-hetero) is 1. The molecule has 0 bridgehead atoms. The summed E-state index contributed by atoms with van der Waals surface area (Å²) in [6, 6.07) is 0. The first-order valence-corrected chi connectivity index (χ1v) is 9.53. The zero-order valence-electron chi connectivity index (χ0n) is 18.9. The lowest BCUT2D eigenvalue weighted by molar-refractivity contribution is -0.199. The second kappa shape index (κ2) is 20.3. The van der Waals surface area contributed by atoms with Gasteiger partial charge >= 0.3 is 24.1 Å². The summed E-state index contributed by atoms with van der Waals surface area (Å²) in [5.41, 5.74) is 0. The van der Waals surface area contributed by atoms with Crippen molar-refractivity contribution in [2.24, 2.45) is 0 Å². The molecule has 0 aliphatic heterocycles. The summed E-state index contributed by atoms with van der Waals surface area (Å²) in [6.45, 7) is 9.75. The normalized spacial score (nSPS) is 10.7. The van der Waals surface area contributed by atoms with Crippen LogP contribution in [-0.2, 0) is 33.3 Å². The van der Waals surface area contributed by atoms with Crippen LogP contribution in [0.5, 0.6) is 0 Å². The molecule has 0 aromatic carbocycles. The molecule has 0 rings (SSSR count). The van der Waals surface area contributed by atoms with E-state index in [1.54, 1.807) is 13.8 Å². The molecule has 0 aromatic rings. The summed E-state index contributed by atoms with van der Waals surface area (Å²) in [5, 5.41) is 0. The number of rotatable bonds is 9. The van der Waals surface area contributed by atoms with E-state index in [1.165, 1.54) is 12.8 Å². The molecule has 0 saturated carbocycles. The fraction of sp³-hybridized carbons (Fsp3) is 0.700. The fourth-order valence-corrected chi connectivity index (χ4v) is 1.29. The molecule has 0 fully saturated rings. The highest BCUT2D eigenvalue weighted by Crippen LogP contribution is 2.16. The largest absolute Gasteiger partial charge is 0.490 e. The Labute approximate surface area is 189 Å². The minimum atomic E-state index is -4.93. The molecule has 0 heterocycles. The van der Waals surface area contributed by atoms with Crippen molar-refractivity contribution in [2.45, 2.75) is 59.6 Å². The molecule has 0 spiro atoms. The average Bonchev–Trinajstić information content (AvgIpc) is 2.71. The maximum Gasteiger partial charge on any atom is 0.490 e. The van der Waals surface area contributed by atoms with Crippen LogP contribution in [0.4, 0.5) is 26.3 Å². The molecule has 0 aliphatic carbocycles. The lowest BCUT2D eigenvalue weighted by Crippen LogP contribution is -2.25. The first-order chi connectivity index (χ1) is 15.2. The molecule has 0 radical (unpaired) electrons. The number of ether oxygens (including phenoxy) is 5. The van der Waals surface area contributed by atoms with Gasteiger partial charge in [0.2, 0.25) is 12.6 Å². The molecular formula is C20H28F6O7. The topological polar surface area (TPSA) is 80.3 Å². The quantitative estimate of drug-likeness (QED) is 0.159. The summed E-state index contributed by atoms with van der Waals surface area (Å²) in [6.07, 6.45) is -6.29. The Morgan fingerprint density at radius 2 is 1.12 bits per heavy atom. The number of halogens is 6. The maximum absolute atomic E-state index is 11.7. The number of esters is 1. The predicted molar refractivity (Wildman–Crippen MR) is 104 cm³/mol. The van der Waals surface area contributed by atoms with Gasteiger partial charge in [0.1, 0.15) is 0 Å². The molecule has 0 unspecified atom stereocenters. The maximum atomic E-state index is 11.7. The third kappa shape index (κ3) is 22.7. The predicted octanol–water partition coefficient (Wildman–Crippen LogP) is 3.65. The van der Waals surface area contributed by atoms with Gasteiger partial charge in [0.15, 0.2) is 0 Å². The number of terminal acetylenes is 1. The third-order valence-electron chi connectivity index (χ3n) is 2.48. The van der Waals surface area contributed by atoms with Crippen molar-refractivity contribution < 1.29 is 59.6 Å². The van der Waals surface area contributed by atoms with Crippen molar-refractivity contribution in [1.29, 1.82) is 0 Å². The van der Waals surface area contributed by atoms with E-state index >= 15 is 0 Å². The Morgan fingerprint density at radius 3 is 1.36 bits per heavy atom. The van der Waals surface area contributed by atoms with Gasteiger partial charge in [0, 0.05) is 26.4 Å². The summed E-state index contributed by atoms with van der Waals surface area (Å²) in [4.78, 5) is 20.1. The van der Waals surface area contributed by atoms with E-state index in [1.807, 2.05) is 19.8 Å². The van der Waals surface area contributed by atoms with E-state index < -0.39 is 36.7 Å². The van der Waals surface area contributed by atoms with Gasteiger partial charge in [-0.05, 0) is 52.4 Å². The first-order valence-electron chi connectivity index (χ1n) is 9.53. The zero-order valence-corrected chi connectivity index (χ0v) is 18.9. The Bertz CT molecular complexity index is 618. The third-order valence-corrected chi connectivity index (χ3v) is 2.48. The molecule has 0 saturated heterocycles. The average molecular weight is 494 g/mol. The van der Waals surface area contributed by atoms with Crippen molar-refractivity contribution in [2.75, 3.05) is 33.0 Å². The number of carbonyl (C=O) groups is 2. The van der Waals surface area contributed by atoms with Crippen LogP contribution in [0.3, 0.4) is 0 Å². The van der Waals surface area contributed by atoms with E-state index in [-0.39, 0.29) is 19.8 Å². The second-order valence-electron chi connectivity index (χ2n) is 4.97. The molecule has 7 nitrogen and oxygen atoms in total. The van der Waals surface area contributed by atoms with Crippen molar-refractivity contribution in [3.63, 3.8) is 0 Å². The van der Waals surface area contributed by atoms with Crippen molar-refractivity contribution in [1.82, 2.24) is 0 Å². The highest BCUT2D eigenvalue weighted by molar-refractivity contribution is 5.99. The number of hydrogen-bond acceptors (Lipinski definition) is 7. The van der Waals surface area contributed by atoms with E-state index in [4.69, 9.17) is 25.4 Å². The molecule has 0 N–H and O–H groups in total. The van der Waals surface area contributed by atoms with Crippen LogP contribution in [0.1, 0.15) is 34.6 Å². The highest BCUT2D eigenvalue weighted by atomic mass is 19.4. The van der Waals surface area contributed by atoms with Gasteiger partial charge in [-0.1, -0.05) is 0 Å². The first kappa shape index (κ1) is 35.3. The van der Waals surface area contributed by atoms with E-state index in [9.17, 15) is 35.9 Å². The lowest BCUT2D eigenvalue weighted by atomic mass is 10.4. The van der Waals surface area contributed by atoms with Crippen molar-refractivity contribution in [3.8, 4) is 24.2 Å². The van der Waals surface area contributed by atoms with Gasteiger partial charge in [0.05, 0.1) is 6.61 Å². The SMILES string of the molecule is C#CC(OCC)OCC.CCOC(=O)C(F)(F)F.CCOC(C#CC(=O)C(F)(F)F)OCC. The minimum absolute atomic E-state index is 0.236. The molecule has 0 aromatic heterocycles. The summed E-state index contributed by atoms with van der Waals surface area (Å²) in [7, 11) is 0. The number of carbonyl (C=O) groups excluding carboxylic acids is 2. The van der Waals surface area contributed by atoms with Crippen LogP contribution in [0.2, 0.25) is 0 Å². The number of ketones is 1. The van der Waals surface area contributed by atoms with Crippen LogP contribution >= 0.6 is 0 Å². The Kier molecular flexibility index (Phi) is 21.7. The molecule has 33 heavy (non-hydrogen) atoms. The molecule has 0 aliphatic rings. The summed E-state index contributed by atoms with van der Waals surface area (Å²) in [5.74, 6) is 1.51. The molecule has 192 valence electrons. The minimum Gasteiger partial charge on any atom is -0.459 e. The molecular weight excluding hydrogens is 466 g/mol. The smallest absolute Gasteiger partial charge is 0.459 e. The number of alkyl halides is 6. The van der Waals surface area contributed by atoms with Crippen LogP contribution < -0.4 is 0 Å². The Balaban J connectivity index is -0.000000433. The van der Waals surface area contributed by atoms with Gasteiger partial charge < -0.3 is 23.7 Å². The van der Waals surface area contributed by atoms with E-state index in [0.29, 0.717) is 13.2 Å². The van der Waals surface area contributed by atoms with Gasteiger partial charge in [-0.2, -0.15) is 26.3 Å².